The number of benzene rings is 1. The minimum absolute atomic E-state index is 0.147. The fraction of sp³-hybridized carbons (Fsp3) is 0.381. The molecule has 0 amide bonds. The number of nitrogens with zero attached hydrogens (tertiary/aromatic N) is 3. The van der Waals surface area contributed by atoms with Crippen molar-refractivity contribution in [3.05, 3.63) is 52.9 Å². The Labute approximate surface area is 180 Å². The Morgan fingerprint density at radius 1 is 1.16 bits per heavy atom. The number of hydrogen-bond donors (Lipinski definition) is 3. The number of halogens is 3. The van der Waals surface area contributed by atoms with E-state index >= 15 is 0 Å². The van der Waals surface area contributed by atoms with Crippen LogP contribution in [-0.2, 0) is 11.8 Å². The van der Waals surface area contributed by atoms with E-state index < -0.39 is 17.5 Å². The van der Waals surface area contributed by atoms with Crippen LogP contribution in [0.25, 0.3) is 10.4 Å². The summed E-state index contributed by atoms with van der Waals surface area (Å²) in [5, 5.41) is 24.1. The standard InChI is InChI=1S/C21H21F3N4O2S/c1-12-8-13(16-11-26-18(31-16)20(30)5-2-15(29)3-6-20)10-14(9-12)27-19-25-7-4-17(28-19)21(22,23)24/h4,7-11,15,29-30H,2-3,5-6H2,1H3,(H,25,27,28). The zero-order valence-electron chi connectivity index (χ0n) is 16.6. The van der Waals surface area contributed by atoms with E-state index in [9.17, 15) is 23.4 Å². The van der Waals surface area contributed by atoms with Gasteiger partial charge in [0.1, 0.15) is 16.3 Å². The van der Waals surface area contributed by atoms with Crippen LogP contribution in [0.1, 0.15) is 41.9 Å². The zero-order chi connectivity index (χ0) is 22.2. The summed E-state index contributed by atoms with van der Waals surface area (Å²) in [7, 11) is 0. The van der Waals surface area contributed by atoms with Gasteiger partial charge in [-0.1, -0.05) is 6.07 Å². The number of aryl methyl sites for hydroxylation is 1. The topological polar surface area (TPSA) is 91.2 Å². The molecule has 31 heavy (non-hydrogen) atoms. The molecule has 0 aliphatic heterocycles. The third kappa shape index (κ3) is 4.86. The van der Waals surface area contributed by atoms with E-state index in [0.29, 0.717) is 36.4 Å². The molecule has 4 rings (SSSR count). The Morgan fingerprint density at radius 3 is 2.61 bits per heavy atom. The molecule has 1 aliphatic carbocycles. The lowest BCUT2D eigenvalue weighted by atomic mass is 9.84. The van der Waals surface area contributed by atoms with Crippen LogP contribution in [0.5, 0.6) is 0 Å². The second-order valence-corrected chi connectivity index (χ2v) is 8.80. The van der Waals surface area contributed by atoms with Crippen molar-refractivity contribution < 1.29 is 23.4 Å². The highest BCUT2D eigenvalue weighted by Crippen LogP contribution is 2.41. The molecule has 0 spiro atoms. The smallest absolute Gasteiger partial charge is 0.393 e. The third-order valence-corrected chi connectivity index (χ3v) is 6.49. The van der Waals surface area contributed by atoms with Crippen molar-refractivity contribution in [2.45, 2.75) is 50.5 Å². The number of anilines is 2. The summed E-state index contributed by atoms with van der Waals surface area (Å²) < 4.78 is 38.7. The number of hydrogen-bond acceptors (Lipinski definition) is 7. The van der Waals surface area contributed by atoms with Crippen LogP contribution in [0.2, 0.25) is 0 Å². The number of nitrogens with one attached hydrogen (secondary N) is 1. The minimum Gasteiger partial charge on any atom is -0.393 e. The molecule has 6 nitrogen and oxygen atoms in total. The summed E-state index contributed by atoms with van der Waals surface area (Å²) in [6.07, 6.45) is -0.228. The summed E-state index contributed by atoms with van der Waals surface area (Å²) in [6.45, 7) is 1.87. The van der Waals surface area contributed by atoms with E-state index in [4.69, 9.17) is 0 Å². The number of aliphatic hydroxyl groups is 2. The SMILES string of the molecule is Cc1cc(Nc2nccc(C(F)(F)F)n2)cc(-c2cnc(C3(O)CCC(O)CC3)s2)c1. The molecule has 2 aromatic heterocycles. The average molecular weight is 450 g/mol. The highest BCUT2D eigenvalue weighted by molar-refractivity contribution is 7.15. The van der Waals surface area contributed by atoms with Gasteiger partial charge in [-0.05, 0) is 61.9 Å². The fourth-order valence-electron chi connectivity index (χ4n) is 3.62. The lowest BCUT2D eigenvalue weighted by Crippen LogP contribution is -2.33. The van der Waals surface area contributed by atoms with Crippen molar-refractivity contribution in [3.63, 3.8) is 0 Å². The van der Waals surface area contributed by atoms with Gasteiger partial charge in [0.25, 0.3) is 0 Å². The maximum absolute atomic E-state index is 12.9. The Hall–Kier alpha value is -2.56. The van der Waals surface area contributed by atoms with Crippen LogP contribution in [-0.4, -0.2) is 31.3 Å². The van der Waals surface area contributed by atoms with Gasteiger partial charge in [0.05, 0.1) is 11.0 Å². The summed E-state index contributed by atoms with van der Waals surface area (Å²) in [6, 6.07) is 6.32. The lowest BCUT2D eigenvalue weighted by Gasteiger charge is -2.32. The molecule has 164 valence electrons. The molecule has 3 aromatic rings. The summed E-state index contributed by atoms with van der Waals surface area (Å²) in [5.41, 5.74) is 0.192. The molecule has 0 radical (unpaired) electrons. The Morgan fingerprint density at radius 2 is 1.90 bits per heavy atom. The van der Waals surface area contributed by atoms with Crippen molar-refractivity contribution in [1.29, 1.82) is 0 Å². The van der Waals surface area contributed by atoms with Gasteiger partial charge in [-0.3, -0.25) is 0 Å². The van der Waals surface area contributed by atoms with Gasteiger partial charge in [-0.25, -0.2) is 15.0 Å². The second-order valence-electron chi connectivity index (χ2n) is 7.77. The molecule has 1 aliphatic rings. The molecule has 2 heterocycles. The van der Waals surface area contributed by atoms with Crippen molar-refractivity contribution in [2.24, 2.45) is 0 Å². The average Bonchev–Trinajstić information content (AvgIpc) is 3.21. The second kappa shape index (κ2) is 8.18. The summed E-state index contributed by atoms with van der Waals surface area (Å²) in [4.78, 5) is 12.7. The molecule has 3 N–H and O–H groups in total. The monoisotopic (exact) mass is 450 g/mol. The first-order valence-corrected chi connectivity index (χ1v) is 10.6. The van der Waals surface area contributed by atoms with Crippen LogP contribution in [0.4, 0.5) is 24.8 Å². The van der Waals surface area contributed by atoms with Crippen molar-refractivity contribution in [3.8, 4) is 10.4 Å². The molecule has 0 saturated heterocycles. The highest BCUT2D eigenvalue weighted by Gasteiger charge is 2.37. The summed E-state index contributed by atoms with van der Waals surface area (Å²) in [5.74, 6) is -0.147. The van der Waals surface area contributed by atoms with Gasteiger partial charge in [0.2, 0.25) is 5.95 Å². The minimum atomic E-state index is -4.55. The molecule has 10 heteroatoms. The number of rotatable bonds is 4. The van der Waals surface area contributed by atoms with E-state index in [2.05, 4.69) is 20.3 Å². The Balaban J connectivity index is 1.59. The largest absolute Gasteiger partial charge is 0.433 e. The number of aliphatic hydroxyl groups excluding tert-OH is 1. The lowest BCUT2D eigenvalue weighted by molar-refractivity contribution is -0.141. The van der Waals surface area contributed by atoms with E-state index in [0.717, 1.165) is 28.3 Å². The van der Waals surface area contributed by atoms with E-state index in [1.54, 1.807) is 18.3 Å². The van der Waals surface area contributed by atoms with Crippen LogP contribution in [0.3, 0.4) is 0 Å². The van der Waals surface area contributed by atoms with Gasteiger partial charge in [0, 0.05) is 18.1 Å². The van der Waals surface area contributed by atoms with Crippen LogP contribution in [0.15, 0.2) is 36.7 Å². The summed E-state index contributed by atoms with van der Waals surface area (Å²) >= 11 is 1.37. The van der Waals surface area contributed by atoms with Crippen molar-refractivity contribution in [1.82, 2.24) is 15.0 Å². The van der Waals surface area contributed by atoms with Crippen LogP contribution >= 0.6 is 11.3 Å². The molecule has 0 unspecified atom stereocenters. The molecular formula is C21H21F3N4O2S. The number of alkyl halides is 3. The van der Waals surface area contributed by atoms with Gasteiger partial charge in [-0.15, -0.1) is 11.3 Å². The molecule has 0 atom stereocenters. The predicted octanol–water partition coefficient (Wildman–Crippen LogP) is 4.79. The van der Waals surface area contributed by atoms with Gasteiger partial charge < -0.3 is 15.5 Å². The first-order chi connectivity index (χ1) is 14.6. The quantitative estimate of drug-likeness (QED) is 0.529. The van der Waals surface area contributed by atoms with E-state index in [1.807, 2.05) is 13.0 Å². The van der Waals surface area contributed by atoms with Crippen molar-refractivity contribution in [2.75, 3.05) is 5.32 Å². The molecule has 1 saturated carbocycles. The molecule has 0 bridgehead atoms. The zero-order valence-corrected chi connectivity index (χ0v) is 17.5. The Bertz CT molecular complexity index is 1080. The maximum Gasteiger partial charge on any atom is 0.433 e. The third-order valence-electron chi connectivity index (χ3n) is 5.25. The van der Waals surface area contributed by atoms with E-state index in [-0.39, 0.29) is 12.1 Å². The first kappa shape index (κ1) is 21.7. The van der Waals surface area contributed by atoms with Gasteiger partial charge in [-0.2, -0.15) is 13.2 Å². The molecular weight excluding hydrogens is 429 g/mol. The number of thiazole rings is 1. The number of aromatic nitrogens is 3. The van der Waals surface area contributed by atoms with Gasteiger partial charge >= 0.3 is 6.18 Å². The van der Waals surface area contributed by atoms with E-state index in [1.165, 1.54) is 11.3 Å². The molecule has 1 aromatic carbocycles. The maximum atomic E-state index is 12.9. The highest BCUT2D eigenvalue weighted by atomic mass is 32.1. The first-order valence-electron chi connectivity index (χ1n) is 9.78. The Kier molecular flexibility index (Phi) is 5.71. The fourth-order valence-corrected chi connectivity index (χ4v) is 4.67. The molecule has 1 fully saturated rings. The van der Waals surface area contributed by atoms with Gasteiger partial charge in [0.15, 0.2) is 0 Å². The van der Waals surface area contributed by atoms with Crippen molar-refractivity contribution >= 4 is 23.0 Å². The van der Waals surface area contributed by atoms with Crippen LogP contribution < -0.4 is 5.32 Å². The normalized spacial score (nSPS) is 21.8. The van der Waals surface area contributed by atoms with Crippen LogP contribution in [0, 0.1) is 6.92 Å². The predicted molar refractivity (Wildman–Crippen MR) is 111 cm³/mol.